The lowest BCUT2D eigenvalue weighted by Crippen LogP contribution is -2.28. The molecule has 0 aromatic heterocycles. The van der Waals surface area contributed by atoms with Crippen LogP contribution in [0.15, 0.2) is 47.4 Å². The summed E-state index contributed by atoms with van der Waals surface area (Å²) in [5, 5.41) is 3.35. The molecule has 8 heteroatoms. The van der Waals surface area contributed by atoms with Gasteiger partial charge in [0.25, 0.3) is 10.0 Å². The van der Waals surface area contributed by atoms with E-state index >= 15 is 0 Å². The van der Waals surface area contributed by atoms with Crippen molar-refractivity contribution in [2.75, 3.05) is 50.0 Å². The van der Waals surface area contributed by atoms with Crippen molar-refractivity contribution >= 4 is 21.4 Å². The van der Waals surface area contributed by atoms with Crippen LogP contribution in [-0.4, -0.2) is 48.8 Å². The maximum Gasteiger partial charge on any atom is 0.261 e. The average Bonchev–Trinajstić information content (AvgIpc) is 2.97. The predicted molar refractivity (Wildman–Crippen MR) is 111 cm³/mol. The lowest BCUT2D eigenvalue weighted by Gasteiger charge is -2.25. The molecule has 1 heterocycles. The topological polar surface area (TPSA) is 79.9 Å². The number of anilines is 2. The number of sulfonamides is 1. The van der Waals surface area contributed by atoms with Gasteiger partial charge in [0.1, 0.15) is 5.75 Å². The molecule has 152 valence electrons. The van der Waals surface area contributed by atoms with E-state index in [2.05, 4.69) is 14.9 Å². The number of ether oxygens (including phenoxy) is 2. The third-order valence-electron chi connectivity index (χ3n) is 4.63. The fourth-order valence-corrected chi connectivity index (χ4v) is 4.35. The van der Waals surface area contributed by atoms with E-state index in [0.717, 1.165) is 43.9 Å². The zero-order chi connectivity index (χ0) is 20.0. The van der Waals surface area contributed by atoms with Gasteiger partial charge >= 0.3 is 0 Å². The van der Waals surface area contributed by atoms with Crippen LogP contribution < -0.4 is 19.7 Å². The summed E-state index contributed by atoms with van der Waals surface area (Å²) < 4.78 is 39.2. The highest BCUT2D eigenvalue weighted by Crippen LogP contribution is 2.32. The molecule has 2 aromatic carbocycles. The van der Waals surface area contributed by atoms with E-state index in [0.29, 0.717) is 18.0 Å². The summed E-state index contributed by atoms with van der Waals surface area (Å²) in [4.78, 5) is 2.37. The van der Waals surface area contributed by atoms with Crippen molar-refractivity contribution in [2.24, 2.45) is 0 Å². The molecule has 0 unspecified atom stereocenters. The van der Waals surface area contributed by atoms with E-state index in [-0.39, 0.29) is 4.90 Å². The van der Waals surface area contributed by atoms with Crippen LogP contribution in [0.3, 0.4) is 0 Å². The monoisotopic (exact) mass is 405 g/mol. The van der Waals surface area contributed by atoms with Crippen molar-refractivity contribution in [2.45, 2.75) is 17.9 Å². The van der Waals surface area contributed by atoms with Crippen LogP contribution in [0.5, 0.6) is 5.75 Å². The molecule has 2 N–H and O–H groups in total. The highest BCUT2D eigenvalue weighted by atomic mass is 32.2. The minimum atomic E-state index is -3.73. The second kappa shape index (κ2) is 9.27. The van der Waals surface area contributed by atoms with Gasteiger partial charge in [-0.15, -0.1) is 0 Å². The van der Waals surface area contributed by atoms with Crippen LogP contribution in [0.2, 0.25) is 0 Å². The van der Waals surface area contributed by atoms with Gasteiger partial charge in [0.05, 0.1) is 24.3 Å². The molecule has 1 fully saturated rings. The first-order chi connectivity index (χ1) is 13.5. The van der Waals surface area contributed by atoms with Crippen molar-refractivity contribution in [3.05, 3.63) is 48.0 Å². The molecule has 0 aliphatic carbocycles. The Hall–Kier alpha value is -2.29. The van der Waals surface area contributed by atoms with Gasteiger partial charge in [-0.25, -0.2) is 8.42 Å². The first-order valence-electron chi connectivity index (χ1n) is 9.28. The number of hydrogen-bond donors (Lipinski definition) is 2. The number of nitrogens with zero attached hydrogens (tertiary/aromatic N) is 1. The van der Waals surface area contributed by atoms with Crippen molar-refractivity contribution in [1.29, 1.82) is 0 Å². The Labute approximate surface area is 166 Å². The maximum absolute atomic E-state index is 13.0. The smallest absolute Gasteiger partial charge is 0.261 e. The molecule has 0 bridgehead atoms. The standard InChI is InChI=1S/C20H27N3O4S/c1-26-15-16-5-3-6-17(13-16)22-28(24,25)18-7-8-20(27-2)19(14-18)23-11-4-9-21-10-12-23/h3,5-8,13-14,21-22H,4,9-12,15H2,1-2H3. The third-order valence-corrected chi connectivity index (χ3v) is 6.01. The average molecular weight is 406 g/mol. The minimum absolute atomic E-state index is 0.206. The summed E-state index contributed by atoms with van der Waals surface area (Å²) in [5.41, 5.74) is 2.20. The number of methoxy groups -OCH3 is 2. The van der Waals surface area contributed by atoms with E-state index in [4.69, 9.17) is 9.47 Å². The Bertz CT molecular complexity index is 894. The van der Waals surface area contributed by atoms with E-state index in [1.165, 1.54) is 0 Å². The van der Waals surface area contributed by atoms with Gasteiger partial charge in [-0.3, -0.25) is 4.72 Å². The molecule has 0 spiro atoms. The Morgan fingerprint density at radius 3 is 2.75 bits per heavy atom. The van der Waals surface area contributed by atoms with Crippen LogP contribution in [0.25, 0.3) is 0 Å². The fourth-order valence-electron chi connectivity index (χ4n) is 3.28. The number of hydrogen-bond acceptors (Lipinski definition) is 6. The van der Waals surface area contributed by atoms with Crippen LogP contribution in [0, 0.1) is 0 Å². The van der Waals surface area contributed by atoms with E-state index in [1.54, 1.807) is 50.6 Å². The highest BCUT2D eigenvalue weighted by molar-refractivity contribution is 7.92. The molecular weight excluding hydrogens is 378 g/mol. The molecule has 7 nitrogen and oxygen atoms in total. The number of rotatable bonds is 7. The number of benzene rings is 2. The Morgan fingerprint density at radius 2 is 1.96 bits per heavy atom. The summed E-state index contributed by atoms with van der Waals surface area (Å²) in [6, 6.07) is 12.2. The predicted octanol–water partition coefficient (Wildman–Crippen LogP) is 2.44. The SMILES string of the molecule is COCc1cccc(NS(=O)(=O)c2ccc(OC)c(N3CCCNCC3)c2)c1. The largest absolute Gasteiger partial charge is 0.495 e. The summed E-state index contributed by atoms with van der Waals surface area (Å²) in [7, 11) is -0.524. The van der Waals surface area contributed by atoms with Gasteiger partial charge in [0.15, 0.2) is 0 Å². The maximum atomic E-state index is 13.0. The molecule has 0 amide bonds. The molecule has 1 aliphatic rings. The van der Waals surface area contributed by atoms with Crippen molar-refractivity contribution in [1.82, 2.24) is 5.32 Å². The molecular formula is C20H27N3O4S. The zero-order valence-electron chi connectivity index (χ0n) is 16.3. The van der Waals surface area contributed by atoms with Gasteiger partial charge in [0, 0.05) is 32.4 Å². The van der Waals surface area contributed by atoms with Crippen molar-refractivity contribution in [3.63, 3.8) is 0 Å². The van der Waals surface area contributed by atoms with E-state index in [1.807, 2.05) is 6.07 Å². The van der Waals surface area contributed by atoms with Gasteiger partial charge in [0.2, 0.25) is 0 Å². The molecule has 0 atom stereocenters. The van der Waals surface area contributed by atoms with Gasteiger partial charge in [-0.1, -0.05) is 12.1 Å². The summed E-state index contributed by atoms with van der Waals surface area (Å²) >= 11 is 0. The third kappa shape index (κ3) is 4.95. The summed E-state index contributed by atoms with van der Waals surface area (Å²) in [6.07, 6.45) is 0.991. The summed E-state index contributed by atoms with van der Waals surface area (Å²) in [5.74, 6) is 0.669. The van der Waals surface area contributed by atoms with Crippen LogP contribution in [-0.2, 0) is 21.4 Å². The summed E-state index contributed by atoms with van der Waals surface area (Å²) in [6.45, 7) is 3.87. The van der Waals surface area contributed by atoms with Crippen LogP contribution >= 0.6 is 0 Å². The molecule has 1 saturated heterocycles. The first-order valence-corrected chi connectivity index (χ1v) is 10.8. The van der Waals surface area contributed by atoms with E-state index in [9.17, 15) is 8.42 Å². The molecule has 1 aliphatic heterocycles. The molecule has 0 saturated carbocycles. The van der Waals surface area contributed by atoms with E-state index < -0.39 is 10.0 Å². The van der Waals surface area contributed by atoms with Gasteiger partial charge in [-0.05, 0) is 48.9 Å². The van der Waals surface area contributed by atoms with Crippen molar-refractivity contribution < 1.29 is 17.9 Å². The minimum Gasteiger partial charge on any atom is -0.495 e. The normalized spacial score (nSPS) is 15.1. The Morgan fingerprint density at radius 1 is 1.11 bits per heavy atom. The number of nitrogens with one attached hydrogen (secondary N) is 2. The lowest BCUT2D eigenvalue weighted by atomic mass is 10.2. The fraction of sp³-hybridized carbons (Fsp3) is 0.400. The second-order valence-corrected chi connectivity index (χ2v) is 8.35. The van der Waals surface area contributed by atoms with Gasteiger partial charge in [-0.2, -0.15) is 0 Å². The second-order valence-electron chi connectivity index (χ2n) is 6.66. The Kier molecular flexibility index (Phi) is 6.77. The van der Waals surface area contributed by atoms with Crippen molar-refractivity contribution in [3.8, 4) is 5.75 Å². The quantitative estimate of drug-likeness (QED) is 0.737. The van der Waals surface area contributed by atoms with Gasteiger partial charge < -0.3 is 19.7 Å². The zero-order valence-corrected chi connectivity index (χ0v) is 17.1. The molecule has 28 heavy (non-hydrogen) atoms. The molecule has 0 radical (unpaired) electrons. The highest BCUT2D eigenvalue weighted by Gasteiger charge is 2.20. The van der Waals surface area contributed by atoms with Crippen LogP contribution in [0.4, 0.5) is 11.4 Å². The lowest BCUT2D eigenvalue weighted by molar-refractivity contribution is 0.185. The first kappa shape index (κ1) is 20.4. The van der Waals surface area contributed by atoms with Crippen LogP contribution in [0.1, 0.15) is 12.0 Å². The molecule has 2 aromatic rings. The Balaban J connectivity index is 1.89. The molecule has 3 rings (SSSR count).